The van der Waals surface area contributed by atoms with E-state index in [-0.39, 0.29) is 0 Å². The highest BCUT2D eigenvalue weighted by molar-refractivity contribution is 14.1. The second kappa shape index (κ2) is 7.76. The van der Waals surface area contributed by atoms with Crippen LogP contribution in [0.1, 0.15) is 0 Å². The maximum absolute atomic E-state index is 4.73. The molecule has 0 aliphatic heterocycles. The first-order chi connectivity index (χ1) is 14.3. The lowest BCUT2D eigenvalue weighted by atomic mass is 10.0. The molecular formula is C26H17IN2. The number of benzene rings is 3. The summed E-state index contributed by atoms with van der Waals surface area (Å²) < 4.78 is 1.24. The lowest BCUT2D eigenvalue weighted by molar-refractivity contribution is 1.33. The molecule has 5 rings (SSSR count). The highest BCUT2D eigenvalue weighted by Gasteiger charge is 2.05. The van der Waals surface area contributed by atoms with Gasteiger partial charge in [0.25, 0.3) is 0 Å². The van der Waals surface area contributed by atoms with Crippen LogP contribution in [0.4, 0.5) is 0 Å². The van der Waals surface area contributed by atoms with Crippen molar-refractivity contribution >= 4 is 33.5 Å². The molecule has 0 bridgehead atoms. The van der Waals surface area contributed by atoms with E-state index >= 15 is 0 Å². The van der Waals surface area contributed by atoms with E-state index in [1.54, 1.807) is 0 Å². The van der Waals surface area contributed by atoms with Crippen LogP contribution in [0.3, 0.4) is 0 Å². The monoisotopic (exact) mass is 484 g/mol. The third kappa shape index (κ3) is 3.78. The second-order valence-corrected chi connectivity index (χ2v) is 8.18. The highest BCUT2D eigenvalue weighted by Crippen LogP contribution is 2.28. The van der Waals surface area contributed by atoms with Crippen molar-refractivity contribution in [1.29, 1.82) is 0 Å². The number of nitrogens with zero attached hydrogens (tertiary/aromatic N) is 2. The fourth-order valence-corrected chi connectivity index (χ4v) is 3.83. The number of fused-ring (bicyclic) bond motifs is 1. The SMILES string of the molecule is Ic1ccc(-c2ccc3cc(-c4ccc(-c5ccccn5)cc4)cnc3c2)cc1. The number of hydrogen-bond donors (Lipinski definition) is 0. The molecule has 2 heterocycles. The molecule has 29 heavy (non-hydrogen) atoms. The van der Waals surface area contributed by atoms with Crippen molar-refractivity contribution in [2.75, 3.05) is 0 Å². The van der Waals surface area contributed by atoms with Gasteiger partial charge in [-0.2, -0.15) is 0 Å². The molecule has 0 unspecified atom stereocenters. The van der Waals surface area contributed by atoms with Gasteiger partial charge in [0.15, 0.2) is 0 Å². The van der Waals surface area contributed by atoms with Gasteiger partial charge >= 0.3 is 0 Å². The van der Waals surface area contributed by atoms with E-state index in [4.69, 9.17) is 4.98 Å². The van der Waals surface area contributed by atoms with Crippen molar-refractivity contribution in [3.05, 3.63) is 107 Å². The van der Waals surface area contributed by atoms with Crippen LogP contribution in [0.25, 0.3) is 44.4 Å². The molecule has 0 atom stereocenters. The smallest absolute Gasteiger partial charge is 0.0708 e. The van der Waals surface area contributed by atoms with Crippen molar-refractivity contribution in [1.82, 2.24) is 9.97 Å². The third-order valence-corrected chi connectivity index (χ3v) is 5.76. The minimum Gasteiger partial charge on any atom is -0.256 e. The molecular weight excluding hydrogens is 467 g/mol. The van der Waals surface area contributed by atoms with Gasteiger partial charge in [-0.05, 0) is 75.7 Å². The topological polar surface area (TPSA) is 25.8 Å². The zero-order valence-corrected chi connectivity index (χ0v) is 17.7. The maximum atomic E-state index is 4.73. The molecule has 0 saturated heterocycles. The molecule has 0 amide bonds. The van der Waals surface area contributed by atoms with Crippen molar-refractivity contribution in [3.63, 3.8) is 0 Å². The zero-order chi connectivity index (χ0) is 19.6. The van der Waals surface area contributed by atoms with E-state index in [0.29, 0.717) is 0 Å². The van der Waals surface area contributed by atoms with Gasteiger partial charge in [0.05, 0.1) is 11.2 Å². The average molecular weight is 484 g/mol. The van der Waals surface area contributed by atoms with Crippen LogP contribution in [-0.4, -0.2) is 9.97 Å². The maximum Gasteiger partial charge on any atom is 0.0708 e. The molecule has 3 heteroatoms. The van der Waals surface area contributed by atoms with Crippen LogP contribution >= 0.6 is 22.6 Å². The number of pyridine rings is 2. The predicted molar refractivity (Wildman–Crippen MR) is 129 cm³/mol. The Hall–Kier alpha value is -3.05. The van der Waals surface area contributed by atoms with E-state index < -0.39 is 0 Å². The summed E-state index contributed by atoms with van der Waals surface area (Å²) in [6.45, 7) is 0. The van der Waals surface area contributed by atoms with E-state index in [2.05, 4.69) is 100 Å². The Morgan fingerprint density at radius 2 is 1.24 bits per heavy atom. The van der Waals surface area contributed by atoms with Crippen LogP contribution in [-0.2, 0) is 0 Å². The largest absolute Gasteiger partial charge is 0.256 e. The van der Waals surface area contributed by atoms with Crippen LogP contribution in [0.15, 0.2) is 103 Å². The Morgan fingerprint density at radius 3 is 2.00 bits per heavy atom. The molecule has 0 fully saturated rings. The minimum absolute atomic E-state index is 0.985. The zero-order valence-electron chi connectivity index (χ0n) is 15.6. The summed E-state index contributed by atoms with van der Waals surface area (Å²) in [5, 5.41) is 1.14. The number of rotatable bonds is 3. The molecule has 2 aromatic heterocycles. The van der Waals surface area contributed by atoms with E-state index in [1.165, 1.54) is 14.7 Å². The number of hydrogen-bond acceptors (Lipinski definition) is 2. The van der Waals surface area contributed by atoms with Crippen LogP contribution in [0.2, 0.25) is 0 Å². The van der Waals surface area contributed by atoms with Crippen LogP contribution in [0, 0.1) is 3.57 Å². The van der Waals surface area contributed by atoms with Crippen molar-refractivity contribution in [2.24, 2.45) is 0 Å². The first-order valence-electron chi connectivity index (χ1n) is 9.44. The minimum atomic E-state index is 0.985. The van der Waals surface area contributed by atoms with Gasteiger partial charge in [-0.15, -0.1) is 0 Å². The van der Waals surface area contributed by atoms with Gasteiger partial charge in [-0.3, -0.25) is 9.97 Å². The lowest BCUT2D eigenvalue weighted by Crippen LogP contribution is -1.86. The quantitative estimate of drug-likeness (QED) is 0.253. The summed E-state index contributed by atoms with van der Waals surface area (Å²) in [6, 6.07) is 31.7. The van der Waals surface area contributed by atoms with Crippen molar-refractivity contribution < 1.29 is 0 Å². The number of halogens is 1. The fraction of sp³-hybridized carbons (Fsp3) is 0. The van der Waals surface area contributed by atoms with E-state index in [1.807, 2.05) is 30.6 Å². The first-order valence-corrected chi connectivity index (χ1v) is 10.5. The van der Waals surface area contributed by atoms with Crippen molar-refractivity contribution in [2.45, 2.75) is 0 Å². The Labute approximate surface area is 183 Å². The summed E-state index contributed by atoms with van der Waals surface area (Å²) in [6.07, 6.45) is 3.77. The molecule has 0 radical (unpaired) electrons. The molecule has 0 spiro atoms. The van der Waals surface area contributed by atoms with E-state index in [9.17, 15) is 0 Å². The van der Waals surface area contributed by atoms with Gasteiger partial charge < -0.3 is 0 Å². The normalized spacial score (nSPS) is 10.9. The Morgan fingerprint density at radius 1 is 0.552 bits per heavy atom. The Bertz CT molecular complexity index is 1280. The van der Waals surface area contributed by atoms with E-state index in [0.717, 1.165) is 33.3 Å². The molecule has 0 saturated carbocycles. The molecule has 5 aromatic rings. The summed E-state index contributed by atoms with van der Waals surface area (Å²) >= 11 is 2.33. The summed E-state index contributed by atoms with van der Waals surface area (Å²) in [4.78, 5) is 9.15. The van der Waals surface area contributed by atoms with Gasteiger partial charge in [0, 0.05) is 32.5 Å². The molecule has 0 aliphatic carbocycles. The average Bonchev–Trinajstić information content (AvgIpc) is 2.80. The highest BCUT2D eigenvalue weighted by atomic mass is 127. The fourth-order valence-electron chi connectivity index (χ4n) is 3.47. The Balaban J connectivity index is 1.47. The molecule has 0 N–H and O–H groups in total. The van der Waals surface area contributed by atoms with Crippen LogP contribution < -0.4 is 0 Å². The molecule has 0 aliphatic rings. The summed E-state index contributed by atoms with van der Waals surface area (Å²) in [7, 11) is 0. The summed E-state index contributed by atoms with van der Waals surface area (Å²) in [5.41, 5.74) is 7.78. The van der Waals surface area contributed by atoms with Crippen LogP contribution in [0.5, 0.6) is 0 Å². The van der Waals surface area contributed by atoms with Gasteiger partial charge in [0.1, 0.15) is 0 Å². The van der Waals surface area contributed by atoms with Crippen molar-refractivity contribution in [3.8, 4) is 33.5 Å². The molecule has 3 aromatic carbocycles. The number of aromatic nitrogens is 2. The lowest BCUT2D eigenvalue weighted by Gasteiger charge is -2.07. The van der Waals surface area contributed by atoms with Gasteiger partial charge in [-0.1, -0.05) is 54.6 Å². The third-order valence-electron chi connectivity index (χ3n) is 5.04. The Kier molecular flexibility index (Phi) is 4.82. The second-order valence-electron chi connectivity index (χ2n) is 6.93. The standard InChI is InChI=1S/C26H17IN2/c27-24-12-10-18(11-13-24)21-8-9-22-15-23(17-29-26(22)16-21)19-4-6-20(7-5-19)25-3-1-2-14-28-25/h1-17H. The summed E-state index contributed by atoms with van der Waals surface area (Å²) in [5.74, 6) is 0. The predicted octanol–water partition coefficient (Wildman–Crippen LogP) is 7.24. The van der Waals surface area contributed by atoms with Gasteiger partial charge in [-0.25, -0.2) is 0 Å². The molecule has 2 nitrogen and oxygen atoms in total. The van der Waals surface area contributed by atoms with Gasteiger partial charge in [0.2, 0.25) is 0 Å². The molecule has 138 valence electrons. The first kappa shape index (κ1) is 18.0.